The molecule has 5 nitrogen and oxygen atoms in total. The maximum absolute atomic E-state index is 13.1. The molecular formula is C28H27BrN2O3S. The first-order valence-electron chi connectivity index (χ1n) is 11.9. The van der Waals surface area contributed by atoms with Gasteiger partial charge in [0.05, 0.1) is 11.6 Å². The van der Waals surface area contributed by atoms with Gasteiger partial charge in [-0.2, -0.15) is 0 Å². The van der Waals surface area contributed by atoms with Crippen molar-refractivity contribution >= 4 is 56.0 Å². The Labute approximate surface area is 219 Å². The molecule has 1 amide bonds. The van der Waals surface area contributed by atoms with E-state index in [-0.39, 0.29) is 11.9 Å². The molecule has 1 aliphatic heterocycles. The highest BCUT2D eigenvalue weighted by Gasteiger charge is 2.36. The number of ether oxygens (including phenoxy) is 2. The lowest BCUT2D eigenvalue weighted by atomic mass is 9.94. The van der Waals surface area contributed by atoms with E-state index in [2.05, 4.69) is 45.5 Å². The van der Waals surface area contributed by atoms with Gasteiger partial charge in [-0.1, -0.05) is 61.7 Å². The van der Waals surface area contributed by atoms with E-state index in [1.54, 1.807) is 12.0 Å². The number of rotatable bonds is 6. The summed E-state index contributed by atoms with van der Waals surface area (Å²) in [6.07, 6.45) is 7.33. The van der Waals surface area contributed by atoms with Gasteiger partial charge < -0.3 is 14.8 Å². The second-order valence-electron chi connectivity index (χ2n) is 8.92. The molecule has 0 aromatic heterocycles. The van der Waals surface area contributed by atoms with E-state index in [4.69, 9.17) is 21.7 Å². The van der Waals surface area contributed by atoms with E-state index >= 15 is 0 Å². The minimum Gasteiger partial charge on any atom is -0.493 e. The topological polar surface area (TPSA) is 50.8 Å². The zero-order chi connectivity index (χ0) is 24.4. The summed E-state index contributed by atoms with van der Waals surface area (Å²) in [7, 11) is 1.61. The van der Waals surface area contributed by atoms with Gasteiger partial charge >= 0.3 is 0 Å². The van der Waals surface area contributed by atoms with Gasteiger partial charge in [0.1, 0.15) is 12.3 Å². The Morgan fingerprint density at radius 3 is 2.69 bits per heavy atom. The molecular weight excluding hydrogens is 524 g/mol. The zero-order valence-corrected chi connectivity index (χ0v) is 22.0. The third-order valence-electron chi connectivity index (χ3n) is 6.66. The van der Waals surface area contributed by atoms with E-state index in [0.29, 0.717) is 28.9 Å². The number of fused-ring (bicyclic) bond motifs is 1. The largest absolute Gasteiger partial charge is 0.493 e. The molecule has 5 rings (SSSR count). The SMILES string of the molecule is COc1cc(/C=C2\NC(=S)N(C3CCCCC3)C2=O)cc(Br)c1OCc1cccc2ccccc12. The van der Waals surface area contributed by atoms with Crippen LogP contribution in [0.3, 0.4) is 0 Å². The van der Waals surface area contributed by atoms with Crippen molar-refractivity contribution in [1.29, 1.82) is 0 Å². The summed E-state index contributed by atoms with van der Waals surface area (Å²) < 4.78 is 12.6. The van der Waals surface area contributed by atoms with Crippen LogP contribution in [0.5, 0.6) is 11.5 Å². The van der Waals surface area contributed by atoms with Crippen molar-refractivity contribution in [2.45, 2.75) is 44.8 Å². The average molecular weight is 552 g/mol. The number of carbonyl (C=O) groups excluding carboxylic acids is 1. The first kappa shape index (κ1) is 23.8. The monoisotopic (exact) mass is 550 g/mol. The lowest BCUT2D eigenvalue weighted by Crippen LogP contribution is -2.41. The summed E-state index contributed by atoms with van der Waals surface area (Å²) in [4.78, 5) is 14.9. The zero-order valence-electron chi connectivity index (χ0n) is 19.6. The molecule has 0 atom stereocenters. The first-order valence-corrected chi connectivity index (χ1v) is 13.1. The summed E-state index contributed by atoms with van der Waals surface area (Å²) in [6, 6.07) is 18.4. The fourth-order valence-corrected chi connectivity index (χ4v) is 5.83. The van der Waals surface area contributed by atoms with Gasteiger partial charge in [0.15, 0.2) is 16.6 Å². The van der Waals surface area contributed by atoms with Gasteiger partial charge in [0.25, 0.3) is 5.91 Å². The van der Waals surface area contributed by atoms with Crippen LogP contribution in [0.15, 0.2) is 64.8 Å². The summed E-state index contributed by atoms with van der Waals surface area (Å²) in [5, 5.41) is 5.95. The van der Waals surface area contributed by atoms with Crippen LogP contribution in [0.1, 0.15) is 43.2 Å². The number of nitrogens with zero attached hydrogens (tertiary/aromatic N) is 1. The summed E-state index contributed by atoms with van der Waals surface area (Å²) >= 11 is 9.14. The van der Waals surface area contributed by atoms with Gasteiger partial charge in [-0.25, -0.2) is 0 Å². The van der Waals surface area contributed by atoms with E-state index in [0.717, 1.165) is 46.7 Å². The smallest absolute Gasteiger partial charge is 0.276 e. The van der Waals surface area contributed by atoms with Crippen LogP contribution < -0.4 is 14.8 Å². The molecule has 0 bridgehead atoms. The third-order valence-corrected chi connectivity index (χ3v) is 7.55. The molecule has 1 N–H and O–H groups in total. The number of hydrogen-bond donors (Lipinski definition) is 1. The van der Waals surface area contributed by atoms with Gasteiger partial charge in [-0.3, -0.25) is 9.69 Å². The molecule has 1 heterocycles. The summed E-state index contributed by atoms with van der Waals surface area (Å²) in [5.41, 5.74) is 2.40. The second kappa shape index (κ2) is 10.4. The standard InChI is InChI=1S/C28H27BrN2O3S/c1-33-25-16-18(15-24-27(32)31(28(35)30-24)21-11-3-2-4-12-21)14-23(29)26(25)34-17-20-10-7-9-19-8-5-6-13-22(19)20/h5-10,13-16,21H,2-4,11-12,17H2,1H3,(H,30,35)/b24-15-. The van der Waals surface area contributed by atoms with Gasteiger partial charge in [0.2, 0.25) is 0 Å². The van der Waals surface area contributed by atoms with E-state index in [9.17, 15) is 4.79 Å². The molecule has 3 aromatic rings. The number of methoxy groups -OCH3 is 1. The lowest BCUT2D eigenvalue weighted by Gasteiger charge is -2.29. The molecule has 2 fully saturated rings. The van der Waals surface area contributed by atoms with Gasteiger partial charge in [-0.05, 0) is 81.1 Å². The molecule has 180 valence electrons. The maximum atomic E-state index is 13.1. The van der Waals surface area contributed by atoms with E-state index in [1.807, 2.05) is 36.4 Å². The molecule has 1 saturated heterocycles. The van der Waals surface area contributed by atoms with Crippen LogP contribution in [0.4, 0.5) is 0 Å². The Balaban J connectivity index is 1.37. The first-order chi connectivity index (χ1) is 17.0. The van der Waals surface area contributed by atoms with E-state index < -0.39 is 0 Å². The van der Waals surface area contributed by atoms with Gasteiger partial charge in [0, 0.05) is 6.04 Å². The van der Waals surface area contributed by atoms with Crippen LogP contribution in [0.25, 0.3) is 16.8 Å². The van der Waals surface area contributed by atoms with Crippen LogP contribution >= 0.6 is 28.1 Å². The van der Waals surface area contributed by atoms with Crippen LogP contribution in [-0.2, 0) is 11.4 Å². The number of hydrogen-bond acceptors (Lipinski definition) is 4. The minimum absolute atomic E-state index is 0.0618. The molecule has 0 spiro atoms. The van der Waals surface area contributed by atoms with Gasteiger partial charge in [-0.15, -0.1) is 0 Å². The van der Waals surface area contributed by atoms with Crippen LogP contribution in [0.2, 0.25) is 0 Å². The molecule has 7 heteroatoms. The van der Waals surface area contributed by atoms with Crippen molar-refractivity contribution in [2.24, 2.45) is 0 Å². The fourth-order valence-electron chi connectivity index (χ4n) is 4.92. The molecule has 35 heavy (non-hydrogen) atoms. The Kier molecular flexibility index (Phi) is 7.07. The second-order valence-corrected chi connectivity index (χ2v) is 10.2. The molecule has 0 unspecified atom stereocenters. The van der Waals surface area contributed by atoms with Crippen molar-refractivity contribution < 1.29 is 14.3 Å². The quantitative estimate of drug-likeness (QED) is 0.277. The van der Waals surface area contributed by atoms with Crippen LogP contribution in [-0.4, -0.2) is 29.1 Å². The van der Waals surface area contributed by atoms with Crippen molar-refractivity contribution in [1.82, 2.24) is 10.2 Å². The van der Waals surface area contributed by atoms with E-state index in [1.165, 1.54) is 11.8 Å². The molecule has 1 aliphatic carbocycles. The highest BCUT2D eigenvalue weighted by atomic mass is 79.9. The summed E-state index contributed by atoms with van der Waals surface area (Å²) in [5.74, 6) is 1.14. The van der Waals surface area contributed by atoms with Crippen LogP contribution in [0, 0.1) is 0 Å². The predicted octanol–water partition coefficient (Wildman–Crippen LogP) is 6.58. The highest BCUT2D eigenvalue weighted by Crippen LogP contribution is 2.38. The number of amides is 1. The average Bonchev–Trinajstić information content (AvgIpc) is 3.15. The number of halogens is 1. The van der Waals surface area contributed by atoms with Crippen molar-refractivity contribution in [3.05, 3.63) is 75.9 Å². The Morgan fingerprint density at radius 1 is 1.11 bits per heavy atom. The molecule has 2 aliphatic rings. The number of thiocarbonyl (C=S) groups is 1. The molecule has 0 radical (unpaired) electrons. The fraction of sp³-hybridized carbons (Fsp3) is 0.286. The van der Waals surface area contributed by atoms with Crippen molar-refractivity contribution in [3.8, 4) is 11.5 Å². The molecule has 1 saturated carbocycles. The van der Waals surface area contributed by atoms with Crippen molar-refractivity contribution in [2.75, 3.05) is 7.11 Å². The lowest BCUT2D eigenvalue weighted by molar-refractivity contribution is -0.124. The Bertz CT molecular complexity index is 1310. The number of carbonyl (C=O) groups is 1. The predicted molar refractivity (Wildman–Crippen MR) is 146 cm³/mol. The minimum atomic E-state index is -0.0618. The normalized spacial score (nSPS) is 17.8. The number of benzene rings is 3. The third kappa shape index (κ3) is 4.93. The Morgan fingerprint density at radius 2 is 1.89 bits per heavy atom. The summed E-state index contributed by atoms with van der Waals surface area (Å²) in [6.45, 7) is 0.404. The maximum Gasteiger partial charge on any atom is 0.276 e. The Hall–Kier alpha value is -2.90. The highest BCUT2D eigenvalue weighted by molar-refractivity contribution is 9.10. The number of nitrogens with one attached hydrogen (secondary N) is 1. The van der Waals surface area contributed by atoms with Crippen molar-refractivity contribution in [3.63, 3.8) is 0 Å². The molecule has 3 aromatic carbocycles.